The molecule has 0 amide bonds. The zero-order valence-corrected chi connectivity index (χ0v) is 10.1. The lowest BCUT2D eigenvalue weighted by Crippen LogP contribution is -2.13. The van der Waals surface area contributed by atoms with E-state index in [1.54, 1.807) is 13.2 Å². The molecule has 2 nitrogen and oxygen atoms in total. The molecule has 1 atom stereocenters. The van der Waals surface area contributed by atoms with Crippen LogP contribution in [0, 0.1) is 0 Å². The average Bonchev–Trinajstić information content (AvgIpc) is 2.36. The third-order valence-corrected chi connectivity index (χ3v) is 2.93. The molecule has 4 heteroatoms. The fourth-order valence-corrected chi connectivity index (χ4v) is 1.93. The van der Waals surface area contributed by atoms with Crippen LogP contribution in [-0.2, 0) is 0 Å². The Morgan fingerprint density at radius 1 is 1.11 bits per heavy atom. The van der Waals surface area contributed by atoms with E-state index in [9.17, 15) is 8.78 Å². The number of benzene rings is 2. The van der Waals surface area contributed by atoms with E-state index in [0.717, 1.165) is 22.1 Å². The second kappa shape index (κ2) is 5.31. The zero-order valence-electron chi connectivity index (χ0n) is 10.1. The molecule has 0 saturated carbocycles. The predicted molar refractivity (Wildman–Crippen MR) is 68.0 cm³/mol. The Morgan fingerprint density at radius 2 is 1.78 bits per heavy atom. The van der Waals surface area contributed by atoms with Crippen molar-refractivity contribution >= 4 is 10.8 Å². The number of alkyl halides is 2. The van der Waals surface area contributed by atoms with Gasteiger partial charge in [-0.1, -0.05) is 18.2 Å². The van der Waals surface area contributed by atoms with E-state index in [0.29, 0.717) is 0 Å². The molecule has 96 valence electrons. The monoisotopic (exact) mass is 251 g/mol. The Morgan fingerprint density at radius 3 is 2.44 bits per heavy atom. The molecular weight excluding hydrogens is 236 g/mol. The van der Waals surface area contributed by atoms with Crippen molar-refractivity contribution in [3.05, 3.63) is 42.0 Å². The molecule has 0 aromatic heterocycles. The van der Waals surface area contributed by atoms with E-state index in [-0.39, 0.29) is 6.42 Å². The van der Waals surface area contributed by atoms with Crippen molar-refractivity contribution in [1.82, 2.24) is 0 Å². The van der Waals surface area contributed by atoms with Gasteiger partial charge in [-0.25, -0.2) is 8.78 Å². The highest BCUT2D eigenvalue weighted by atomic mass is 19.3. The fraction of sp³-hybridized carbons (Fsp3) is 0.286. The molecule has 2 aromatic rings. The number of nitrogens with two attached hydrogens (primary N) is 1. The highest BCUT2D eigenvalue weighted by molar-refractivity contribution is 5.84. The normalized spacial score (nSPS) is 12.9. The molecule has 0 bridgehead atoms. The second-order valence-corrected chi connectivity index (χ2v) is 4.21. The summed E-state index contributed by atoms with van der Waals surface area (Å²) in [4.78, 5) is 0. The van der Waals surface area contributed by atoms with Gasteiger partial charge in [-0.05, 0) is 34.5 Å². The first-order chi connectivity index (χ1) is 8.60. The van der Waals surface area contributed by atoms with Crippen LogP contribution in [0.4, 0.5) is 8.78 Å². The number of rotatable bonds is 4. The standard InChI is InChI=1S/C14H15F2NO/c1-18-12-5-4-9-6-11(3-2-10(9)7-12)13(17)8-14(15)16/h2-7,13-14H,8,17H2,1H3/t13-/m0/s1. The molecule has 18 heavy (non-hydrogen) atoms. The van der Waals surface area contributed by atoms with Crippen LogP contribution < -0.4 is 10.5 Å². The van der Waals surface area contributed by atoms with Gasteiger partial charge < -0.3 is 10.5 Å². The van der Waals surface area contributed by atoms with Crippen molar-refractivity contribution in [2.45, 2.75) is 18.9 Å². The van der Waals surface area contributed by atoms with Crippen LogP contribution in [0.1, 0.15) is 18.0 Å². The SMILES string of the molecule is COc1ccc2cc([C@@H](N)CC(F)F)ccc2c1. The molecule has 2 rings (SSSR count). The number of methoxy groups -OCH3 is 1. The highest BCUT2D eigenvalue weighted by Gasteiger charge is 2.13. The maximum Gasteiger partial charge on any atom is 0.240 e. The fourth-order valence-electron chi connectivity index (χ4n) is 1.93. The molecular formula is C14H15F2NO. The first kappa shape index (κ1) is 12.8. The molecule has 0 spiro atoms. The van der Waals surface area contributed by atoms with Gasteiger partial charge in [-0.15, -0.1) is 0 Å². The third kappa shape index (κ3) is 2.76. The van der Waals surface area contributed by atoms with Crippen LogP contribution in [0.2, 0.25) is 0 Å². The third-order valence-electron chi connectivity index (χ3n) is 2.93. The van der Waals surface area contributed by atoms with Crippen molar-refractivity contribution < 1.29 is 13.5 Å². The minimum atomic E-state index is -2.38. The Bertz CT molecular complexity index is 542. The number of hydrogen-bond acceptors (Lipinski definition) is 2. The van der Waals surface area contributed by atoms with Crippen molar-refractivity contribution in [2.75, 3.05) is 7.11 Å². The van der Waals surface area contributed by atoms with Crippen LogP contribution in [0.15, 0.2) is 36.4 Å². The van der Waals surface area contributed by atoms with E-state index >= 15 is 0 Å². The smallest absolute Gasteiger partial charge is 0.240 e. The molecule has 2 aromatic carbocycles. The molecule has 2 N–H and O–H groups in total. The minimum absolute atomic E-state index is 0.318. The topological polar surface area (TPSA) is 35.2 Å². The number of hydrogen-bond donors (Lipinski definition) is 1. The summed E-state index contributed by atoms with van der Waals surface area (Å²) in [5.74, 6) is 0.770. The van der Waals surface area contributed by atoms with Crippen LogP contribution in [-0.4, -0.2) is 13.5 Å². The van der Waals surface area contributed by atoms with Gasteiger partial charge in [0.25, 0.3) is 0 Å². The van der Waals surface area contributed by atoms with Gasteiger partial charge in [0, 0.05) is 12.5 Å². The minimum Gasteiger partial charge on any atom is -0.497 e. The Labute approximate surface area is 104 Å². The maximum atomic E-state index is 12.3. The Kier molecular flexibility index (Phi) is 3.77. The van der Waals surface area contributed by atoms with E-state index < -0.39 is 12.5 Å². The number of halogens is 2. The predicted octanol–water partition coefficient (Wildman–Crippen LogP) is 3.50. The molecule has 0 aliphatic carbocycles. The lowest BCUT2D eigenvalue weighted by Gasteiger charge is -2.12. The van der Waals surface area contributed by atoms with Gasteiger partial charge in [0.1, 0.15) is 5.75 Å². The van der Waals surface area contributed by atoms with E-state index in [1.165, 1.54) is 0 Å². The highest BCUT2D eigenvalue weighted by Crippen LogP contribution is 2.25. The molecule has 0 fully saturated rings. The van der Waals surface area contributed by atoms with Crippen molar-refractivity contribution in [2.24, 2.45) is 5.73 Å². The summed E-state index contributed by atoms with van der Waals surface area (Å²) >= 11 is 0. The summed E-state index contributed by atoms with van der Waals surface area (Å²) in [5.41, 5.74) is 6.47. The Hall–Kier alpha value is -1.68. The lowest BCUT2D eigenvalue weighted by molar-refractivity contribution is 0.128. The number of ether oxygens (including phenoxy) is 1. The van der Waals surface area contributed by atoms with Gasteiger partial charge in [0.2, 0.25) is 6.43 Å². The first-order valence-electron chi connectivity index (χ1n) is 5.71. The van der Waals surface area contributed by atoms with Gasteiger partial charge in [0.15, 0.2) is 0 Å². The van der Waals surface area contributed by atoms with Gasteiger partial charge in [0.05, 0.1) is 7.11 Å². The lowest BCUT2D eigenvalue weighted by atomic mass is 10.0. The van der Waals surface area contributed by atoms with Crippen molar-refractivity contribution in [1.29, 1.82) is 0 Å². The summed E-state index contributed by atoms with van der Waals surface area (Å²) in [6.07, 6.45) is -2.70. The van der Waals surface area contributed by atoms with E-state index in [2.05, 4.69) is 0 Å². The van der Waals surface area contributed by atoms with Crippen molar-refractivity contribution in [3.8, 4) is 5.75 Å². The van der Waals surface area contributed by atoms with Crippen LogP contribution in [0.3, 0.4) is 0 Å². The molecule has 0 unspecified atom stereocenters. The summed E-state index contributed by atoms with van der Waals surface area (Å²) in [5, 5.41) is 1.97. The van der Waals surface area contributed by atoms with E-state index in [4.69, 9.17) is 10.5 Å². The largest absolute Gasteiger partial charge is 0.497 e. The van der Waals surface area contributed by atoms with Crippen molar-refractivity contribution in [3.63, 3.8) is 0 Å². The quantitative estimate of drug-likeness (QED) is 0.902. The summed E-state index contributed by atoms with van der Waals surface area (Å²) < 4.78 is 29.7. The van der Waals surface area contributed by atoms with Gasteiger partial charge in [-0.3, -0.25) is 0 Å². The van der Waals surface area contributed by atoms with E-state index in [1.807, 2.05) is 30.3 Å². The first-order valence-corrected chi connectivity index (χ1v) is 5.71. The average molecular weight is 251 g/mol. The summed E-state index contributed by atoms with van der Waals surface area (Å²) in [6.45, 7) is 0. The molecule has 0 aliphatic rings. The number of fused-ring (bicyclic) bond motifs is 1. The Balaban J connectivity index is 2.33. The zero-order chi connectivity index (χ0) is 13.1. The second-order valence-electron chi connectivity index (χ2n) is 4.21. The van der Waals surface area contributed by atoms with Crippen LogP contribution in [0.5, 0.6) is 5.75 Å². The maximum absolute atomic E-state index is 12.3. The molecule has 0 heterocycles. The van der Waals surface area contributed by atoms with Crippen LogP contribution >= 0.6 is 0 Å². The van der Waals surface area contributed by atoms with Crippen LogP contribution in [0.25, 0.3) is 10.8 Å². The summed E-state index contributed by atoms with van der Waals surface area (Å²) in [7, 11) is 1.61. The molecule has 0 radical (unpaired) electrons. The van der Waals surface area contributed by atoms with Gasteiger partial charge in [-0.2, -0.15) is 0 Å². The molecule has 0 aliphatic heterocycles. The summed E-state index contributed by atoms with van der Waals surface area (Å²) in [6, 6.07) is 10.5. The molecule has 0 saturated heterocycles. The van der Waals surface area contributed by atoms with Gasteiger partial charge >= 0.3 is 0 Å².